The zero-order valence-corrected chi connectivity index (χ0v) is 32.9. The van der Waals surface area contributed by atoms with E-state index in [2.05, 4.69) is 229 Å². The molecule has 0 aliphatic carbocycles. The molecular formula is C58H39NO. The van der Waals surface area contributed by atoms with Crippen LogP contribution in [0.3, 0.4) is 0 Å². The molecule has 0 saturated carbocycles. The number of anilines is 3. The Kier molecular flexibility index (Phi) is 8.87. The van der Waals surface area contributed by atoms with E-state index in [1.807, 2.05) is 12.1 Å². The lowest BCUT2D eigenvalue weighted by molar-refractivity contribution is 0.669. The van der Waals surface area contributed by atoms with Gasteiger partial charge < -0.3 is 9.32 Å². The number of rotatable bonds is 8. The summed E-state index contributed by atoms with van der Waals surface area (Å²) in [6.07, 6.45) is 0. The van der Waals surface area contributed by atoms with E-state index >= 15 is 0 Å². The molecule has 0 aliphatic rings. The predicted molar refractivity (Wildman–Crippen MR) is 253 cm³/mol. The fourth-order valence-electron chi connectivity index (χ4n) is 8.67. The molecule has 0 amide bonds. The van der Waals surface area contributed by atoms with Crippen LogP contribution in [0.15, 0.2) is 241 Å². The fourth-order valence-corrected chi connectivity index (χ4v) is 8.67. The minimum Gasteiger partial charge on any atom is -0.456 e. The smallest absolute Gasteiger partial charge is 0.136 e. The number of para-hydroxylation sites is 2. The second-order valence-corrected chi connectivity index (χ2v) is 15.3. The maximum atomic E-state index is 6.24. The quantitative estimate of drug-likeness (QED) is 0.153. The molecular weight excluding hydrogens is 727 g/mol. The second kappa shape index (κ2) is 15.1. The number of hydrogen-bond donors (Lipinski definition) is 0. The molecule has 11 aromatic rings. The summed E-state index contributed by atoms with van der Waals surface area (Å²) in [6.45, 7) is 0. The third-order valence-corrected chi connectivity index (χ3v) is 11.7. The minimum atomic E-state index is 0.900. The number of furan rings is 1. The number of hydrogen-bond acceptors (Lipinski definition) is 2. The molecule has 2 nitrogen and oxygen atoms in total. The zero-order valence-electron chi connectivity index (χ0n) is 32.9. The first-order chi connectivity index (χ1) is 29.7. The highest BCUT2D eigenvalue weighted by Gasteiger charge is 2.19. The van der Waals surface area contributed by atoms with Crippen molar-refractivity contribution in [2.24, 2.45) is 0 Å². The summed E-state index contributed by atoms with van der Waals surface area (Å²) < 4.78 is 6.24. The van der Waals surface area contributed by atoms with Crippen LogP contribution in [-0.2, 0) is 0 Å². The lowest BCUT2D eigenvalue weighted by atomic mass is 9.96. The highest BCUT2D eigenvalue weighted by atomic mass is 16.3. The van der Waals surface area contributed by atoms with Crippen LogP contribution < -0.4 is 4.90 Å². The van der Waals surface area contributed by atoms with Crippen molar-refractivity contribution in [2.45, 2.75) is 0 Å². The van der Waals surface area contributed by atoms with Gasteiger partial charge in [-0.1, -0.05) is 182 Å². The summed E-state index contributed by atoms with van der Waals surface area (Å²) in [6, 6.07) is 84.9. The van der Waals surface area contributed by atoms with Gasteiger partial charge >= 0.3 is 0 Å². The van der Waals surface area contributed by atoms with E-state index in [1.165, 1.54) is 55.3 Å². The van der Waals surface area contributed by atoms with Crippen LogP contribution in [0.1, 0.15) is 0 Å². The van der Waals surface area contributed by atoms with Gasteiger partial charge in [-0.15, -0.1) is 0 Å². The first-order valence-corrected chi connectivity index (χ1v) is 20.5. The van der Waals surface area contributed by atoms with Gasteiger partial charge in [0.1, 0.15) is 11.2 Å². The van der Waals surface area contributed by atoms with Gasteiger partial charge in [0.25, 0.3) is 0 Å². The van der Waals surface area contributed by atoms with Gasteiger partial charge in [0, 0.05) is 27.7 Å². The van der Waals surface area contributed by atoms with Crippen LogP contribution >= 0.6 is 0 Å². The summed E-state index contributed by atoms with van der Waals surface area (Å²) in [5.41, 5.74) is 16.9. The lowest BCUT2D eigenvalue weighted by Gasteiger charge is -2.28. The minimum absolute atomic E-state index is 0.900. The Morgan fingerprint density at radius 1 is 0.283 bits per heavy atom. The molecule has 11 rings (SSSR count). The van der Waals surface area contributed by atoms with Crippen molar-refractivity contribution in [3.63, 3.8) is 0 Å². The van der Waals surface area contributed by atoms with Crippen LogP contribution in [0.25, 0.3) is 88.3 Å². The van der Waals surface area contributed by atoms with Gasteiger partial charge in [0.2, 0.25) is 0 Å². The molecule has 2 heteroatoms. The summed E-state index contributed by atoms with van der Waals surface area (Å²) in [4.78, 5) is 2.37. The molecule has 0 saturated heterocycles. The Hall–Kier alpha value is -7.94. The van der Waals surface area contributed by atoms with Crippen LogP contribution in [0.5, 0.6) is 0 Å². The van der Waals surface area contributed by atoms with Gasteiger partial charge in [-0.2, -0.15) is 0 Å². The summed E-state index contributed by atoms with van der Waals surface area (Å²) >= 11 is 0. The Bertz CT molecular complexity index is 3290. The second-order valence-electron chi connectivity index (χ2n) is 15.3. The largest absolute Gasteiger partial charge is 0.456 e. The van der Waals surface area contributed by atoms with E-state index < -0.39 is 0 Å². The maximum absolute atomic E-state index is 6.24. The Morgan fingerprint density at radius 3 is 1.53 bits per heavy atom. The van der Waals surface area contributed by atoms with E-state index in [-0.39, 0.29) is 0 Å². The molecule has 0 N–H and O–H groups in total. The van der Waals surface area contributed by atoms with E-state index in [0.717, 1.165) is 50.1 Å². The zero-order chi connectivity index (χ0) is 39.8. The molecule has 0 radical (unpaired) electrons. The molecule has 0 spiro atoms. The first kappa shape index (κ1) is 35.2. The number of fused-ring (bicyclic) bond motifs is 4. The third kappa shape index (κ3) is 6.51. The Morgan fingerprint density at radius 2 is 0.767 bits per heavy atom. The summed E-state index contributed by atoms with van der Waals surface area (Å²) in [5.74, 6) is 0. The maximum Gasteiger partial charge on any atom is 0.136 e. The fraction of sp³-hybridized carbons (Fsp3) is 0. The van der Waals surface area contributed by atoms with E-state index in [4.69, 9.17) is 4.42 Å². The Labute approximate surface area is 349 Å². The van der Waals surface area contributed by atoms with Gasteiger partial charge in [-0.05, 0) is 115 Å². The van der Waals surface area contributed by atoms with E-state index in [9.17, 15) is 0 Å². The SMILES string of the molecule is c1ccc(-c2ccccc2N(c2ccc(-c3ccc(-c4cccc(-c5ccc6ccccc6c5)c4)cc3)cc2)c2ccc(-c3cccc4oc5ccccc5c34)cc2)cc1. The van der Waals surface area contributed by atoms with Crippen LogP contribution in [0.4, 0.5) is 17.1 Å². The first-order valence-electron chi connectivity index (χ1n) is 20.5. The van der Waals surface area contributed by atoms with Crippen molar-refractivity contribution in [3.05, 3.63) is 237 Å². The van der Waals surface area contributed by atoms with Crippen molar-refractivity contribution in [1.29, 1.82) is 0 Å². The summed E-state index contributed by atoms with van der Waals surface area (Å²) in [5, 5.41) is 4.79. The summed E-state index contributed by atoms with van der Waals surface area (Å²) in [7, 11) is 0. The van der Waals surface area contributed by atoms with Gasteiger partial charge in [0.05, 0.1) is 5.69 Å². The Balaban J connectivity index is 0.929. The van der Waals surface area contributed by atoms with Crippen molar-refractivity contribution in [3.8, 4) is 55.6 Å². The van der Waals surface area contributed by atoms with Crippen molar-refractivity contribution >= 4 is 49.8 Å². The number of benzene rings is 10. The molecule has 1 aromatic heterocycles. The molecule has 1 heterocycles. The average Bonchev–Trinajstić information content (AvgIpc) is 3.72. The van der Waals surface area contributed by atoms with Crippen LogP contribution in [0.2, 0.25) is 0 Å². The third-order valence-electron chi connectivity index (χ3n) is 11.7. The van der Waals surface area contributed by atoms with E-state index in [1.54, 1.807) is 0 Å². The molecule has 60 heavy (non-hydrogen) atoms. The molecule has 0 unspecified atom stereocenters. The van der Waals surface area contributed by atoms with Crippen LogP contribution in [-0.4, -0.2) is 0 Å². The predicted octanol–water partition coefficient (Wildman–Crippen LogP) is 16.5. The average molecular weight is 766 g/mol. The van der Waals surface area contributed by atoms with Crippen molar-refractivity contribution in [2.75, 3.05) is 4.90 Å². The molecule has 0 atom stereocenters. The van der Waals surface area contributed by atoms with Crippen molar-refractivity contribution in [1.82, 2.24) is 0 Å². The monoisotopic (exact) mass is 765 g/mol. The lowest BCUT2D eigenvalue weighted by Crippen LogP contribution is -2.11. The van der Waals surface area contributed by atoms with Crippen LogP contribution in [0, 0.1) is 0 Å². The van der Waals surface area contributed by atoms with Crippen molar-refractivity contribution < 1.29 is 4.42 Å². The van der Waals surface area contributed by atoms with Gasteiger partial charge in [-0.3, -0.25) is 0 Å². The number of nitrogens with zero attached hydrogens (tertiary/aromatic N) is 1. The van der Waals surface area contributed by atoms with Gasteiger partial charge in [0.15, 0.2) is 0 Å². The molecule has 0 bridgehead atoms. The molecule has 0 fully saturated rings. The van der Waals surface area contributed by atoms with Gasteiger partial charge in [-0.25, -0.2) is 0 Å². The molecule has 282 valence electrons. The highest BCUT2D eigenvalue weighted by molar-refractivity contribution is 6.12. The molecule has 0 aliphatic heterocycles. The normalized spacial score (nSPS) is 11.3. The highest BCUT2D eigenvalue weighted by Crippen LogP contribution is 2.43. The molecule has 10 aromatic carbocycles. The van der Waals surface area contributed by atoms with E-state index in [0.29, 0.717) is 0 Å². The topological polar surface area (TPSA) is 16.4 Å². The standard InChI is InChI=1S/C58H39NO/c1-2-13-44(14-3-1)52-18-6-8-21-55(52)59(51-36-32-45(33-37-51)53-20-11-23-57-58(53)54-19-7-9-22-56(54)60-57)50-34-30-42(31-35-50)41-24-26-43(27-25-41)47-16-10-17-48(38-47)49-29-28-40-12-4-5-15-46(40)39-49/h1-39H.